The summed E-state index contributed by atoms with van der Waals surface area (Å²) in [5, 5.41) is 20.5. The maximum atomic E-state index is 11.7. The molecular weight excluding hydrogens is 396 g/mol. The Morgan fingerprint density at radius 3 is 2.85 bits per heavy atom. The molecule has 9 heteroatoms. The van der Waals surface area contributed by atoms with Crippen molar-refractivity contribution in [3.8, 4) is 5.75 Å². The number of hydrogen-bond acceptors (Lipinski definition) is 6. The van der Waals surface area contributed by atoms with Gasteiger partial charge in [-0.25, -0.2) is 10.1 Å². The van der Waals surface area contributed by atoms with Crippen LogP contribution in [0.2, 0.25) is 0 Å². The number of carbonyl (C=O) groups is 1. The fraction of sp³-hybridized carbons (Fsp3) is 0.0909. The molecule has 0 aliphatic heterocycles. The summed E-state index contributed by atoms with van der Waals surface area (Å²) in [6.07, 6.45) is 1.31. The van der Waals surface area contributed by atoms with Crippen LogP contribution in [0.4, 0.5) is 0 Å². The smallest absolute Gasteiger partial charge is 0.295 e. The average molecular weight is 404 g/mol. The van der Waals surface area contributed by atoms with Gasteiger partial charge in [0, 0.05) is 10.0 Å². The Kier molecular flexibility index (Phi) is 4.50. The van der Waals surface area contributed by atoms with E-state index in [9.17, 15) is 9.90 Å². The van der Waals surface area contributed by atoms with Crippen LogP contribution in [0.5, 0.6) is 5.75 Å². The Balaban J connectivity index is 2.11. The fourth-order valence-corrected chi connectivity index (χ4v) is 2.59. The molecule has 0 saturated carbocycles. The number of aryl methyl sites for hydroxylation is 1. The van der Waals surface area contributed by atoms with Gasteiger partial charge in [-0.15, -0.1) is 0 Å². The van der Waals surface area contributed by atoms with E-state index in [0.29, 0.717) is 15.7 Å². The number of aromatic hydroxyl groups is 1. The molecule has 2 N–H and O–H groups in total. The van der Waals surface area contributed by atoms with E-state index >= 15 is 0 Å². The first kappa shape index (κ1) is 14.7. The summed E-state index contributed by atoms with van der Waals surface area (Å²) in [6.45, 7) is 1.59. The Morgan fingerprint density at radius 1 is 1.45 bits per heavy atom. The molecule has 1 heterocycles. The molecule has 0 atom stereocenters. The van der Waals surface area contributed by atoms with Crippen LogP contribution >= 0.6 is 31.9 Å². The molecule has 20 heavy (non-hydrogen) atoms. The lowest BCUT2D eigenvalue weighted by molar-refractivity contribution is 0.0945. The van der Waals surface area contributed by atoms with E-state index in [2.05, 4.69) is 57.3 Å². The van der Waals surface area contributed by atoms with Crippen LogP contribution in [0.1, 0.15) is 21.7 Å². The molecule has 0 unspecified atom stereocenters. The Hall–Kier alpha value is -1.74. The second-order valence-corrected chi connectivity index (χ2v) is 5.49. The number of phenolic OH excluding ortho intramolecular Hbond substituents is 1. The number of amides is 1. The van der Waals surface area contributed by atoms with Gasteiger partial charge in [-0.05, 0) is 40.1 Å². The van der Waals surface area contributed by atoms with Gasteiger partial charge in [0.1, 0.15) is 11.4 Å². The van der Waals surface area contributed by atoms with E-state index in [-0.39, 0.29) is 11.4 Å². The summed E-state index contributed by atoms with van der Waals surface area (Å²) in [4.78, 5) is 11.7. The summed E-state index contributed by atoms with van der Waals surface area (Å²) < 4.78 is 5.68. The zero-order valence-electron chi connectivity index (χ0n) is 10.1. The first-order chi connectivity index (χ1) is 9.49. The van der Waals surface area contributed by atoms with Crippen molar-refractivity contribution >= 4 is 44.0 Å². The SMILES string of the molecule is Cc1nonc1C(=O)N/N=C\c1cc(Br)cc(Br)c1O. The lowest BCUT2D eigenvalue weighted by Crippen LogP contribution is -2.19. The van der Waals surface area contributed by atoms with Gasteiger partial charge in [0.2, 0.25) is 0 Å². The van der Waals surface area contributed by atoms with E-state index in [1.165, 1.54) is 6.21 Å². The van der Waals surface area contributed by atoms with Crippen LogP contribution < -0.4 is 5.43 Å². The Bertz CT molecular complexity index is 684. The largest absolute Gasteiger partial charge is 0.506 e. The number of aromatic nitrogens is 2. The average Bonchev–Trinajstić information content (AvgIpc) is 2.81. The number of carbonyl (C=O) groups excluding carboxylic acids is 1. The minimum atomic E-state index is -0.548. The normalized spacial score (nSPS) is 10.9. The molecule has 7 nitrogen and oxygen atoms in total. The number of rotatable bonds is 3. The molecule has 2 aromatic rings. The first-order valence-electron chi connectivity index (χ1n) is 5.29. The summed E-state index contributed by atoms with van der Waals surface area (Å²) in [5.74, 6) is -0.529. The van der Waals surface area contributed by atoms with Crippen LogP contribution in [-0.2, 0) is 0 Å². The molecule has 1 aromatic carbocycles. The minimum absolute atomic E-state index is 0.0190. The highest BCUT2D eigenvalue weighted by atomic mass is 79.9. The number of halogens is 2. The van der Waals surface area contributed by atoms with Crippen molar-refractivity contribution in [3.63, 3.8) is 0 Å². The Morgan fingerprint density at radius 2 is 2.20 bits per heavy atom. The van der Waals surface area contributed by atoms with Gasteiger partial charge in [-0.3, -0.25) is 4.79 Å². The summed E-state index contributed by atoms with van der Waals surface area (Å²) in [7, 11) is 0. The van der Waals surface area contributed by atoms with Crippen LogP contribution in [0.25, 0.3) is 0 Å². The minimum Gasteiger partial charge on any atom is -0.506 e. The topological polar surface area (TPSA) is 101 Å². The fourth-order valence-electron chi connectivity index (χ4n) is 1.34. The van der Waals surface area contributed by atoms with Crippen molar-refractivity contribution in [2.75, 3.05) is 0 Å². The second kappa shape index (κ2) is 6.14. The van der Waals surface area contributed by atoms with Crippen molar-refractivity contribution in [3.05, 3.63) is 38.0 Å². The molecule has 2 rings (SSSR count). The molecule has 0 radical (unpaired) electrons. The lowest BCUT2D eigenvalue weighted by Gasteiger charge is -2.02. The van der Waals surface area contributed by atoms with Gasteiger partial charge in [-0.2, -0.15) is 5.10 Å². The quantitative estimate of drug-likeness (QED) is 0.605. The third-order valence-electron chi connectivity index (χ3n) is 2.30. The molecule has 0 saturated heterocycles. The van der Waals surface area contributed by atoms with Gasteiger partial charge in [0.15, 0.2) is 5.69 Å². The summed E-state index contributed by atoms with van der Waals surface area (Å²) >= 11 is 6.49. The van der Waals surface area contributed by atoms with Crippen LogP contribution in [0, 0.1) is 6.92 Å². The maximum absolute atomic E-state index is 11.7. The molecule has 0 bridgehead atoms. The first-order valence-corrected chi connectivity index (χ1v) is 6.88. The monoisotopic (exact) mass is 402 g/mol. The van der Waals surface area contributed by atoms with E-state index in [1.54, 1.807) is 19.1 Å². The van der Waals surface area contributed by atoms with Crippen molar-refractivity contribution < 1.29 is 14.5 Å². The third-order valence-corrected chi connectivity index (χ3v) is 3.36. The maximum Gasteiger partial charge on any atom is 0.295 e. The molecular formula is C11H8Br2N4O3. The van der Waals surface area contributed by atoms with E-state index in [0.717, 1.165) is 4.47 Å². The third kappa shape index (κ3) is 3.23. The molecule has 0 aliphatic rings. The van der Waals surface area contributed by atoms with Gasteiger partial charge < -0.3 is 5.11 Å². The predicted octanol–water partition coefficient (Wildman–Crippen LogP) is 2.37. The Labute approximate surface area is 130 Å². The van der Waals surface area contributed by atoms with Crippen LogP contribution in [0.15, 0.2) is 30.8 Å². The number of hydrazone groups is 1. The van der Waals surface area contributed by atoms with Crippen molar-refractivity contribution in [2.45, 2.75) is 6.92 Å². The van der Waals surface area contributed by atoms with Crippen molar-refractivity contribution in [1.82, 2.24) is 15.7 Å². The molecule has 0 spiro atoms. The highest BCUT2D eigenvalue weighted by molar-refractivity contribution is 9.11. The lowest BCUT2D eigenvalue weighted by atomic mass is 10.2. The zero-order chi connectivity index (χ0) is 14.7. The molecule has 0 aliphatic carbocycles. The van der Waals surface area contributed by atoms with E-state index < -0.39 is 5.91 Å². The highest BCUT2D eigenvalue weighted by Crippen LogP contribution is 2.30. The van der Waals surface area contributed by atoms with Gasteiger partial charge >= 0.3 is 0 Å². The van der Waals surface area contributed by atoms with Gasteiger partial charge in [-0.1, -0.05) is 21.1 Å². The number of nitrogens with zero attached hydrogens (tertiary/aromatic N) is 3. The summed E-state index contributed by atoms with van der Waals surface area (Å²) in [6, 6.07) is 3.34. The number of benzene rings is 1. The molecule has 104 valence electrons. The number of phenols is 1. The number of hydrogen-bond donors (Lipinski definition) is 2. The summed E-state index contributed by atoms with van der Waals surface area (Å²) in [5.41, 5.74) is 3.12. The molecule has 1 aromatic heterocycles. The van der Waals surface area contributed by atoms with E-state index in [1.807, 2.05) is 0 Å². The standard InChI is InChI=1S/C11H8Br2N4O3/c1-5-9(17-20-16-5)11(19)15-14-4-6-2-7(12)3-8(13)10(6)18/h2-4,18H,1H3,(H,15,19)/b14-4-. The van der Waals surface area contributed by atoms with Crippen LogP contribution in [-0.4, -0.2) is 27.5 Å². The zero-order valence-corrected chi connectivity index (χ0v) is 13.3. The van der Waals surface area contributed by atoms with Gasteiger partial charge in [0.05, 0.1) is 10.7 Å². The van der Waals surface area contributed by atoms with Crippen molar-refractivity contribution in [2.24, 2.45) is 5.10 Å². The molecule has 0 fully saturated rings. The van der Waals surface area contributed by atoms with Gasteiger partial charge in [0.25, 0.3) is 5.91 Å². The molecule has 1 amide bonds. The number of nitrogens with one attached hydrogen (secondary N) is 1. The van der Waals surface area contributed by atoms with Crippen LogP contribution in [0.3, 0.4) is 0 Å². The van der Waals surface area contributed by atoms with E-state index in [4.69, 9.17) is 0 Å². The van der Waals surface area contributed by atoms with Crippen molar-refractivity contribution in [1.29, 1.82) is 0 Å². The second-order valence-electron chi connectivity index (χ2n) is 3.72. The highest BCUT2D eigenvalue weighted by Gasteiger charge is 2.14. The predicted molar refractivity (Wildman–Crippen MR) is 77.6 cm³/mol.